The van der Waals surface area contributed by atoms with E-state index in [9.17, 15) is 13.6 Å². The van der Waals surface area contributed by atoms with Crippen molar-refractivity contribution in [3.05, 3.63) is 35.4 Å². The lowest BCUT2D eigenvalue weighted by Gasteiger charge is -2.15. The molecule has 1 aromatic rings. The second-order valence-corrected chi connectivity index (χ2v) is 4.65. The quantitative estimate of drug-likeness (QED) is 0.827. The van der Waals surface area contributed by atoms with Crippen molar-refractivity contribution in [2.45, 2.75) is 6.42 Å². The summed E-state index contributed by atoms with van der Waals surface area (Å²) in [6.45, 7) is 2.11. The number of nitrogens with zero attached hydrogens (tertiary/aromatic N) is 1. The Balaban J connectivity index is 2.04. The molecule has 1 unspecified atom stereocenters. The highest BCUT2D eigenvalue weighted by Crippen LogP contribution is 2.17. The van der Waals surface area contributed by atoms with E-state index in [1.165, 1.54) is 6.07 Å². The average molecular weight is 254 g/mol. The topological polar surface area (TPSA) is 46.3 Å². The summed E-state index contributed by atoms with van der Waals surface area (Å²) in [5.41, 5.74) is 5.12. The van der Waals surface area contributed by atoms with Gasteiger partial charge in [0.05, 0.1) is 12.1 Å². The van der Waals surface area contributed by atoms with Gasteiger partial charge in [-0.15, -0.1) is 0 Å². The number of Topliss-reactive ketones (excluding diaryl/α,β-unsaturated/α-hetero) is 1. The van der Waals surface area contributed by atoms with Crippen molar-refractivity contribution in [2.24, 2.45) is 11.7 Å². The number of hydrogen-bond acceptors (Lipinski definition) is 3. The van der Waals surface area contributed by atoms with E-state index in [0.717, 1.165) is 31.6 Å². The van der Waals surface area contributed by atoms with Gasteiger partial charge in [-0.25, -0.2) is 8.78 Å². The molecule has 1 fully saturated rings. The maximum absolute atomic E-state index is 13.4. The molecule has 1 aliphatic rings. The van der Waals surface area contributed by atoms with Gasteiger partial charge in [-0.3, -0.25) is 9.69 Å². The van der Waals surface area contributed by atoms with Crippen molar-refractivity contribution in [1.29, 1.82) is 0 Å². The van der Waals surface area contributed by atoms with Gasteiger partial charge in [-0.05, 0) is 37.6 Å². The van der Waals surface area contributed by atoms with Crippen LogP contribution in [0.25, 0.3) is 0 Å². The smallest absolute Gasteiger partial charge is 0.182 e. The Hall–Kier alpha value is -1.33. The number of benzene rings is 1. The fourth-order valence-corrected chi connectivity index (χ4v) is 2.30. The molecule has 2 N–H and O–H groups in total. The molecule has 3 nitrogen and oxygen atoms in total. The molecule has 0 saturated carbocycles. The van der Waals surface area contributed by atoms with E-state index in [-0.39, 0.29) is 6.54 Å². The largest absolute Gasteiger partial charge is 0.330 e. The molecule has 0 spiro atoms. The standard InChI is InChI=1S/C13H16F2N2O/c14-10-2-1-3-11(15)13(10)12(18)8-17-5-4-9(6-16)7-17/h1-3,9H,4-8,16H2. The molecular formula is C13H16F2N2O. The Kier molecular flexibility index (Phi) is 4.04. The van der Waals surface area contributed by atoms with Gasteiger partial charge in [0.25, 0.3) is 0 Å². The molecule has 0 amide bonds. The zero-order chi connectivity index (χ0) is 13.1. The van der Waals surface area contributed by atoms with Crippen LogP contribution in [-0.4, -0.2) is 36.9 Å². The van der Waals surface area contributed by atoms with Gasteiger partial charge in [0.1, 0.15) is 11.6 Å². The van der Waals surface area contributed by atoms with E-state index >= 15 is 0 Å². The summed E-state index contributed by atoms with van der Waals surface area (Å²) < 4.78 is 26.8. The van der Waals surface area contributed by atoms with E-state index in [2.05, 4.69) is 0 Å². The first-order chi connectivity index (χ1) is 8.61. The Morgan fingerprint density at radius 3 is 2.61 bits per heavy atom. The normalized spacial score (nSPS) is 20.3. The minimum atomic E-state index is -0.797. The Morgan fingerprint density at radius 2 is 2.06 bits per heavy atom. The molecule has 0 radical (unpaired) electrons. The zero-order valence-corrected chi connectivity index (χ0v) is 10.0. The average Bonchev–Trinajstić information content (AvgIpc) is 2.76. The minimum absolute atomic E-state index is 0.0500. The molecule has 0 bridgehead atoms. The highest BCUT2D eigenvalue weighted by atomic mass is 19.1. The maximum Gasteiger partial charge on any atom is 0.182 e. The molecule has 1 aliphatic heterocycles. The molecule has 0 aromatic heterocycles. The lowest BCUT2D eigenvalue weighted by Crippen LogP contribution is -2.29. The molecule has 2 rings (SSSR count). The lowest BCUT2D eigenvalue weighted by atomic mass is 10.1. The van der Waals surface area contributed by atoms with Gasteiger partial charge in [0, 0.05) is 6.54 Å². The first-order valence-electron chi connectivity index (χ1n) is 6.01. The molecule has 0 aliphatic carbocycles. The van der Waals surface area contributed by atoms with E-state index < -0.39 is 23.0 Å². The number of carbonyl (C=O) groups excluding carboxylic acids is 1. The van der Waals surface area contributed by atoms with Gasteiger partial charge in [0.15, 0.2) is 5.78 Å². The summed E-state index contributed by atoms with van der Waals surface area (Å²) in [7, 11) is 0. The van der Waals surface area contributed by atoms with Crippen LogP contribution in [0.2, 0.25) is 0 Å². The number of halogens is 2. The summed E-state index contributed by atoms with van der Waals surface area (Å²) in [6, 6.07) is 3.45. The number of ketones is 1. The number of likely N-dealkylation sites (tertiary alicyclic amines) is 1. The van der Waals surface area contributed by atoms with Crippen LogP contribution in [0.1, 0.15) is 16.8 Å². The Morgan fingerprint density at radius 1 is 1.39 bits per heavy atom. The van der Waals surface area contributed by atoms with Crippen LogP contribution in [0.5, 0.6) is 0 Å². The van der Waals surface area contributed by atoms with Gasteiger partial charge >= 0.3 is 0 Å². The first kappa shape index (κ1) is 13.1. The minimum Gasteiger partial charge on any atom is -0.330 e. The molecule has 1 aromatic carbocycles. The summed E-state index contributed by atoms with van der Waals surface area (Å²) in [5, 5.41) is 0. The monoisotopic (exact) mass is 254 g/mol. The summed E-state index contributed by atoms with van der Waals surface area (Å²) in [6.07, 6.45) is 0.934. The second-order valence-electron chi connectivity index (χ2n) is 4.65. The van der Waals surface area contributed by atoms with Crippen molar-refractivity contribution in [2.75, 3.05) is 26.2 Å². The van der Waals surface area contributed by atoms with Gasteiger partial charge in [0.2, 0.25) is 0 Å². The third-order valence-corrected chi connectivity index (χ3v) is 3.31. The Bertz CT molecular complexity index is 430. The summed E-state index contributed by atoms with van der Waals surface area (Å²) in [4.78, 5) is 13.8. The summed E-state index contributed by atoms with van der Waals surface area (Å²) in [5.74, 6) is -1.73. The summed E-state index contributed by atoms with van der Waals surface area (Å²) >= 11 is 0. The van der Waals surface area contributed by atoms with Crippen LogP contribution in [0.3, 0.4) is 0 Å². The third kappa shape index (κ3) is 2.73. The highest BCUT2D eigenvalue weighted by molar-refractivity contribution is 5.98. The second kappa shape index (κ2) is 5.54. The van der Waals surface area contributed by atoms with Gasteiger partial charge in [-0.1, -0.05) is 6.07 Å². The van der Waals surface area contributed by atoms with Crippen molar-refractivity contribution >= 4 is 5.78 Å². The van der Waals surface area contributed by atoms with Crippen LogP contribution in [0, 0.1) is 17.6 Å². The maximum atomic E-state index is 13.4. The number of carbonyl (C=O) groups is 1. The van der Waals surface area contributed by atoms with Gasteiger partial charge in [-0.2, -0.15) is 0 Å². The highest BCUT2D eigenvalue weighted by Gasteiger charge is 2.25. The molecule has 98 valence electrons. The number of nitrogens with two attached hydrogens (primary N) is 1. The van der Waals surface area contributed by atoms with Crippen LogP contribution in [0.15, 0.2) is 18.2 Å². The third-order valence-electron chi connectivity index (χ3n) is 3.31. The fourth-order valence-electron chi connectivity index (χ4n) is 2.30. The number of hydrogen-bond donors (Lipinski definition) is 1. The lowest BCUT2D eigenvalue weighted by molar-refractivity contribution is 0.0935. The van der Waals surface area contributed by atoms with E-state index in [1.54, 1.807) is 0 Å². The van der Waals surface area contributed by atoms with Crippen molar-refractivity contribution in [3.8, 4) is 0 Å². The van der Waals surface area contributed by atoms with Crippen molar-refractivity contribution in [1.82, 2.24) is 4.90 Å². The van der Waals surface area contributed by atoms with Crippen molar-refractivity contribution in [3.63, 3.8) is 0 Å². The molecular weight excluding hydrogens is 238 g/mol. The van der Waals surface area contributed by atoms with Crippen molar-refractivity contribution < 1.29 is 13.6 Å². The predicted octanol–water partition coefficient (Wildman–Crippen LogP) is 1.43. The number of rotatable bonds is 4. The van der Waals surface area contributed by atoms with Crippen LogP contribution >= 0.6 is 0 Å². The Labute approximate surface area is 105 Å². The van der Waals surface area contributed by atoms with Gasteiger partial charge < -0.3 is 5.73 Å². The molecule has 1 saturated heterocycles. The molecule has 1 heterocycles. The van der Waals surface area contributed by atoms with E-state index in [0.29, 0.717) is 12.5 Å². The van der Waals surface area contributed by atoms with Crippen LogP contribution in [0.4, 0.5) is 8.78 Å². The predicted molar refractivity (Wildman–Crippen MR) is 64.3 cm³/mol. The fraction of sp³-hybridized carbons (Fsp3) is 0.462. The SMILES string of the molecule is NCC1CCN(CC(=O)c2c(F)cccc2F)C1. The van der Waals surface area contributed by atoms with Crippen LogP contribution < -0.4 is 5.73 Å². The zero-order valence-electron chi connectivity index (χ0n) is 10.0. The first-order valence-corrected chi connectivity index (χ1v) is 6.01. The molecule has 18 heavy (non-hydrogen) atoms. The molecule has 5 heteroatoms. The van der Waals surface area contributed by atoms with E-state index in [1.807, 2.05) is 4.90 Å². The molecule has 1 atom stereocenters. The van der Waals surface area contributed by atoms with Crippen LogP contribution in [-0.2, 0) is 0 Å². The van der Waals surface area contributed by atoms with E-state index in [4.69, 9.17) is 5.73 Å².